The Balaban J connectivity index is 0.00000208. The number of hydrogen-bond donors (Lipinski definition) is 0. The Hall–Kier alpha value is -1.27. The van der Waals surface area contributed by atoms with Crippen LogP contribution in [0.1, 0.15) is 5.56 Å². The van der Waals surface area contributed by atoms with Crippen molar-refractivity contribution < 1.29 is 20.9 Å². The molecule has 2 aromatic carbocycles. The van der Waals surface area contributed by atoms with Crippen LogP contribution in [-0.4, -0.2) is 26.5 Å². The van der Waals surface area contributed by atoms with Crippen molar-refractivity contribution >= 4 is 57.4 Å². The van der Waals surface area contributed by atoms with Crippen LogP contribution < -0.4 is 4.90 Å². The predicted molar refractivity (Wildman–Crippen MR) is 104 cm³/mol. The first-order chi connectivity index (χ1) is 11.1. The summed E-state index contributed by atoms with van der Waals surface area (Å²) < 4.78 is 13.0. The molecule has 0 aliphatic carbocycles. The van der Waals surface area contributed by atoms with E-state index in [9.17, 15) is 4.39 Å². The third-order valence-corrected chi connectivity index (χ3v) is 4.93. The number of nitrogens with zero attached hydrogens (tertiary/aromatic N) is 2. The van der Waals surface area contributed by atoms with Crippen LogP contribution in [0.25, 0.3) is 0 Å². The van der Waals surface area contributed by atoms with E-state index < -0.39 is 0 Å². The van der Waals surface area contributed by atoms with Gasteiger partial charge in [0.1, 0.15) is 15.8 Å². The second-order valence-corrected chi connectivity index (χ2v) is 6.23. The monoisotopic (exact) mass is 418 g/mol. The first-order valence-corrected chi connectivity index (χ1v) is 8.30. The zero-order chi connectivity index (χ0) is 16.4. The normalized spacial score (nSPS) is 14.1. The van der Waals surface area contributed by atoms with Crippen molar-refractivity contribution in [3.05, 3.63) is 66.0 Å². The Bertz CT molecular complexity index is 765. The Labute approximate surface area is 166 Å². The third kappa shape index (κ3) is 3.86. The van der Waals surface area contributed by atoms with Crippen LogP contribution in [0, 0.1) is 5.82 Å². The third-order valence-electron chi connectivity index (χ3n) is 3.61. The molecule has 0 radical (unpaired) electrons. The van der Waals surface area contributed by atoms with E-state index in [0.29, 0.717) is 28.1 Å². The summed E-state index contributed by atoms with van der Waals surface area (Å²) >= 11 is 16.5. The van der Waals surface area contributed by atoms with Crippen molar-refractivity contribution in [3.63, 3.8) is 0 Å². The minimum absolute atomic E-state index is 0. The van der Waals surface area contributed by atoms with Crippen molar-refractivity contribution in [3.8, 4) is 0 Å². The molecule has 3 rings (SSSR count). The quantitative estimate of drug-likeness (QED) is 0.542. The van der Waals surface area contributed by atoms with Crippen LogP contribution in [0.5, 0.6) is 0 Å². The van der Waals surface area contributed by atoms with Gasteiger partial charge in [0, 0.05) is 28.7 Å². The number of rotatable bonds is 4. The summed E-state index contributed by atoms with van der Waals surface area (Å²) in [5, 5.41) is 0.591. The standard InChI is InChI=1S/C17H13FN2S3.Ni/c18-13-8-6-12(7-9-13)10-11-19-15(21)16(22)20(17(19)23)14-4-2-1-3-5-14;/h1-9H,10-11H2;. The van der Waals surface area contributed by atoms with E-state index in [1.807, 2.05) is 40.1 Å². The first kappa shape index (κ1) is 19.1. The van der Waals surface area contributed by atoms with Gasteiger partial charge < -0.3 is 4.90 Å². The van der Waals surface area contributed by atoms with Gasteiger partial charge in [-0.05, 0) is 48.5 Å². The van der Waals surface area contributed by atoms with Crippen LogP contribution in [0.15, 0.2) is 54.6 Å². The molecule has 1 aliphatic rings. The van der Waals surface area contributed by atoms with Crippen LogP contribution in [-0.2, 0) is 22.9 Å². The van der Waals surface area contributed by atoms with E-state index >= 15 is 0 Å². The molecule has 0 atom stereocenters. The molecular weight excluding hydrogens is 406 g/mol. The number of thiocarbonyl (C=S) groups is 3. The number of halogens is 1. The van der Waals surface area contributed by atoms with Crippen molar-refractivity contribution in [2.24, 2.45) is 0 Å². The summed E-state index contributed by atoms with van der Waals surface area (Å²) in [5.74, 6) is -0.239. The van der Waals surface area contributed by atoms with E-state index in [1.165, 1.54) is 12.1 Å². The predicted octanol–water partition coefficient (Wildman–Crippen LogP) is 4.13. The Morgan fingerprint density at radius 3 is 2.08 bits per heavy atom. The second kappa shape index (κ2) is 8.21. The molecule has 0 N–H and O–H groups in total. The summed E-state index contributed by atoms with van der Waals surface area (Å²) in [6, 6.07) is 16.2. The largest absolute Gasteiger partial charge is 0.306 e. The van der Waals surface area contributed by atoms with E-state index in [4.69, 9.17) is 36.7 Å². The zero-order valence-corrected chi connectivity index (χ0v) is 15.9. The molecule has 1 fully saturated rings. The minimum Gasteiger partial charge on any atom is -0.306 e. The van der Waals surface area contributed by atoms with Crippen LogP contribution in [0.2, 0.25) is 0 Å². The maximum absolute atomic E-state index is 13.0. The summed E-state index contributed by atoms with van der Waals surface area (Å²) in [4.78, 5) is 4.80. The van der Waals surface area contributed by atoms with Gasteiger partial charge in [0.25, 0.3) is 0 Å². The molecule has 7 heteroatoms. The van der Waals surface area contributed by atoms with Gasteiger partial charge in [-0.15, -0.1) is 0 Å². The Morgan fingerprint density at radius 2 is 1.46 bits per heavy atom. The molecule has 126 valence electrons. The summed E-state index contributed by atoms with van der Waals surface area (Å²) in [7, 11) is 0. The van der Waals surface area contributed by atoms with Gasteiger partial charge in [-0.1, -0.05) is 54.8 Å². The second-order valence-electron chi connectivity index (χ2n) is 5.09. The number of hydrogen-bond acceptors (Lipinski definition) is 3. The summed E-state index contributed by atoms with van der Waals surface area (Å²) in [6.45, 7) is 0.618. The molecule has 1 saturated heterocycles. The first-order valence-electron chi connectivity index (χ1n) is 7.07. The number of benzene rings is 2. The molecule has 0 amide bonds. The molecule has 1 heterocycles. The maximum atomic E-state index is 13.0. The fourth-order valence-electron chi connectivity index (χ4n) is 2.40. The van der Waals surface area contributed by atoms with Crippen LogP contribution in [0.4, 0.5) is 10.1 Å². The topological polar surface area (TPSA) is 6.48 Å². The van der Waals surface area contributed by atoms with Gasteiger partial charge in [-0.25, -0.2) is 4.39 Å². The molecule has 0 aromatic heterocycles. The number of anilines is 1. The molecule has 0 unspecified atom stereocenters. The SMILES string of the molecule is Fc1ccc(CCN2C(=S)C(=S)N(c3ccccc3)C2=S)cc1.[Ni]. The molecule has 0 spiro atoms. The van der Waals surface area contributed by atoms with Crippen LogP contribution >= 0.6 is 36.7 Å². The van der Waals surface area contributed by atoms with Gasteiger partial charge in [0.05, 0.1) is 0 Å². The van der Waals surface area contributed by atoms with E-state index in [2.05, 4.69) is 0 Å². The molecule has 2 aromatic rings. The molecular formula is C17H13FN2NiS3. The molecule has 2 nitrogen and oxygen atoms in total. The van der Waals surface area contributed by atoms with Gasteiger partial charge in [0.2, 0.25) is 0 Å². The van der Waals surface area contributed by atoms with Gasteiger partial charge in [0.15, 0.2) is 5.11 Å². The minimum atomic E-state index is -0.239. The molecule has 0 saturated carbocycles. The average molecular weight is 419 g/mol. The maximum Gasteiger partial charge on any atom is 0.186 e. The fraction of sp³-hybridized carbons (Fsp3) is 0.118. The summed E-state index contributed by atoms with van der Waals surface area (Å²) in [6.07, 6.45) is 0.714. The molecule has 0 bridgehead atoms. The van der Waals surface area contributed by atoms with Crippen molar-refractivity contribution in [2.45, 2.75) is 6.42 Å². The van der Waals surface area contributed by atoms with Crippen molar-refractivity contribution in [1.29, 1.82) is 0 Å². The van der Waals surface area contributed by atoms with E-state index in [-0.39, 0.29) is 22.3 Å². The number of para-hydroxylation sites is 1. The zero-order valence-electron chi connectivity index (χ0n) is 12.4. The van der Waals surface area contributed by atoms with Crippen molar-refractivity contribution in [2.75, 3.05) is 11.4 Å². The van der Waals surface area contributed by atoms with Crippen LogP contribution in [0.3, 0.4) is 0 Å². The smallest absolute Gasteiger partial charge is 0.186 e. The van der Waals surface area contributed by atoms with E-state index in [1.54, 1.807) is 12.1 Å². The fourth-order valence-corrected chi connectivity index (χ4v) is 3.47. The molecule has 1 aliphatic heterocycles. The average Bonchev–Trinajstić information content (AvgIpc) is 2.78. The van der Waals surface area contributed by atoms with E-state index in [0.717, 1.165) is 11.3 Å². The van der Waals surface area contributed by atoms with Gasteiger partial charge >= 0.3 is 0 Å². The van der Waals surface area contributed by atoms with Gasteiger partial charge in [-0.2, -0.15) is 0 Å². The Kier molecular flexibility index (Phi) is 6.52. The van der Waals surface area contributed by atoms with Gasteiger partial charge in [-0.3, -0.25) is 4.90 Å². The molecule has 24 heavy (non-hydrogen) atoms. The summed E-state index contributed by atoms with van der Waals surface area (Å²) in [5.41, 5.74) is 1.94. The van der Waals surface area contributed by atoms with Crippen molar-refractivity contribution in [1.82, 2.24) is 4.90 Å². The Morgan fingerprint density at radius 1 is 0.833 bits per heavy atom.